The first-order valence-corrected chi connectivity index (χ1v) is 9.36. The van der Waals surface area contributed by atoms with Crippen molar-refractivity contribution in [2.75, 3.05) is 6.54 Å². The maximum atomic E-state index is 12.3. The first kappa shape index (κ1) is 14.7. The molecule has 0 amide bonds. The smallest absolute Gasteiger partial charge is 0.137 e. The molecule has 2 atom stereocenters. The van der Waals surface area contributed by atoms with Crippen molar-refractivity contribution in [2.45, 2.75) is 57.5 Å². The summed E-state index contributed by atoms with van der Waals surface area (Å²) < 4.78 is 1.20. The summed E-state index contributed by atoms with van der Waals surface area (Å²) in [7, 11) is 0. The Kier molecular flexibility index (Phi) is 4.95. The van der Waals surface area contributed by atoms with Crippen LogP contribution in [0.1, 0.15) is 49.8 Å². The summed E-state index contributed by atoms with van der Waals surface area (Å²) in [4.78, 5) is 16.3. The van der Waals surface area contributed by atoms with E-state index in [1.165, 1.54) is 34.3 Å². The number of thiophene rings is 1. The van der Waals surface area contributed by atoms with E-state index in [1.807, 2.05) is 11.3 Å². The summed E-state index contributed by atoms with van der Waals surface area (Å²) >= 11 is 5.37. The Morgan fingerprint density at radius 3 is 2.80 bits per heavy atom. The molecule has 2 nitrogen and oxygen atoms in total. The molecule has 1 aliphatic carbocycles. The van der Waals surface area contributed by atoms with Gasteiger partial charge in [0.15, 0.2) is 0 Å². The molecular formula is C16H22BrNOS. The molecule has 2 heterocycles. The number of hydrogen-bond acceptors (Lipinski definition) is 3. The number of rotatable bonds is 3. The second-order valence-electron chi connectivity index (χ2n) is 6.06. The summed E-state index contributed by atoms with van der Waals surface area (Å²) in [5.41, 5.74) is 0. The van der Waals surface area contributed by atoms with Gasteiger partial charge in [-0.05, 0) is 60.3 Å². The predicted molar refractivity (Wildman–Crippen MR) is 87.0 cm³/mol. The molecular weight excluding hydrogens is 334 g/mol. The number of piperidine rings is 1. The van der Waals surface area contributed by atoms with Gasteiger partial charge in [-0.3, -0.25) is 9.69 Å². The van der Waals surface area contributed by atoms with Crippen molar-refractivity contribution in [1.82, 2.24) is 4.90 Å². The minimum atomic E-state index is 0.312. The molecule has 20 heavy (non-hydrogen) atoms. The van der Waals surface area contributed by atoms with Crippen LogP contribution in [0, 0.1) is 5.92 Å². The molecule has 0 N–H and O–H groups in total. The van der Waals surface area contributed by atoms with Gasteiger partial charge in [-0.2, -0.15) is 0 Å². The number of halogens is 1. The van der Waals surface area contributed by atoms with Gasteiger partial charge in [0.25, 0.3) is 0 Å². The third-order valence-corrected chi connectivity index (χ3v) is 6.33. The third-order valence-electron chi connectivity index (χ3n) is 4.72. The van der Waals surface area contributed by atoms with Crippen molar-refractivity contribution >= 4 is 33.0 Å². The Morgan fingerprint density at radius 1 is 1.20 bits per heavy atom. The van der Waals surface area contributed by atoms with Crippen LogP contribution in [0.25, 0.3) is 0 Å². The first-order chi connectivity index (χ1) is 9.74. The minimum absolute atomic E-state index is 0.312. The molecule has 3 rings (SSSR count). The number of likely N-dealkylation sites (tertiary alicyclic amines) is 1. The van der Waals surface area contributed by atoms with Gasteiger partial charge in [0.1, 0.15) is 5.78 Å². The highest BCUT2D eigenvalue weighted by atomic mass is 79.9. The lowest BCUT2D eigenvalue weighted by atomic mass is 9.79. The van der Waals surface area contributed by atoms with E-state index in [0.717, 1.165) is 32.4 Å². The Morgan fingerprint density at radius 2 is 2.05 bits per heavy atom. The Bertz CT molecular complexity index is 473. The maximum Gasteiger partial charge on any atom is 0.137 e. The fourth-order valence-corrected chi connectivity index (χ4v) is 5.23. The second kappa shape index (κ2) is 6.71. The minimum Gasteiger partial charge on any atom is -0.299 e. The molecule has 0 radical (unpaired) electrons. The van der Waals surface area contributed by atoms with Crippen molar-refractivity contribution in [2.24, 2.45) is 5.92 Å². The summed E-state index contributed by atoms with van der Waals surface area (Å²) in [6.45, 7) is 2.18. The van der Waals surface area contributed by atoms with E-state index in [1.54, 1.807) is 0 Å². The van der Waals surface area contributed by atoms with Gasteiger partial charge in [-0.25, -0.2) is 0 Å². The van der Waals surface area contributed by atoms with Crippen LogP contribution in [0.3, 0.4) is 0 Å². The Balaban J connectivity index is 1.71. The number of carbonyl (C=O) groups is 1. The molecule has 2 unspecified atom stereocenters. The predicted octanol–water partition coefficient (Wildman–Crippen LogP) is 4.62. The van der Waals surface area contributed by atoms with E-state index in [4.69, 9.17) is 0 Å². The van der Waals surface area contributed by atoms with Crippen LogP contribution in [-0.4, -0.2) is 23.3 Å². The van der Waals surface area contributed by atoms with E-state index < -0.39 is 0 Å². The van der Waals surface area contributed by atoms with E-state index in [0.29, 0.717) is 17.7 Å². The van der Waals surface area contributed by atoms with Gasteiger partial charge >= 0.3 is 0 Å². The highest BCUT2D eigenvalue weighted by Crippen LogP contribution is 2.33. The van der Waals surface area contributed by atoms with E-state index in [2.05, 4.69) is 33.0 Å². The number of Topliss-reactive ketones (excluding diaryl/α,β-unsaturated/α-hetero) is 1. The summed E-state index contributed by atoms with van der Waals surface area (Å²) in [6.07, 6.45) is 8.07. The molecule has 1 aromatic heterocycles. The average molecular weight is 356 g/mol. The monoisotopic (exact) mass is 355 g/mol. The lowest BCUT2D eigenvalue weighted by molar-refractivity contribution is -0.127. The van der Waals surface area contributed by atoms with Crippen molar-refractivity contribution in [1.29, 1.82) is 0 Å². The molecule has 1 aliphatic heterocycles. The van der Waals surface area contributed by atoms with E-state index in [9.17, 15) is 4.79 Å². The first-order valence-electron chi connectivity index (χ1n) is 7.75. The molecule has 1 saturated carbocycles. The van der Waals surface area contributed by atoms with Crippen molar-refractivity contribution in [3.05, 3.63) is 20.8 Å². The molecule has 2 aliphatic rings. The second-order valence-corrected chi connectivity index (χ2v) is 8.61. The molecule has 1 saturated heterocycles. The lowest BCUT2D eigenvalue weighted by Gasteiger charge is -2.41. The SMILES string of the molecule is O=C1CCCCC1C1CCCCN1Cc1ccc(Br)s1. The summed E-state index contributed by atoms with van der Waals surface area (Å²) in [5, 5.41) is 0. The van der Waals surface area contributed by atoms with Gasteiger partial charge in [0.05, 0.1) is 3.79 Å². The normalized spacial score (nSPS) is 28.8. The Hall–Kier alpha value is -0.190. The highest BCUT2D eigenvalue weighted by Gasteiger charge is 2.35. The van der Waals surface area contributed by atoms with Gasteiger partial charge in [0, 0.05) is 29.8 Å². The van der Waals surface area contributed by atoms with Crippen LogP contribution in [0.5, 0.6) is 0 Å². The largest absolute Gasteiger partial charge is 0.299 e. The van der Waals surface area contributed by atoms with E-state index >= 15 is 0 Å². The lowest BCUT2D eigenvalue weighted by Crippen LogP contribution is -2.46. The summed E-state index contributed by atoms with van der Waals surface area (Å²) in [6, 6.07) is 4.84. The number of carbonyl (C=O) groups excluding carboxylic acids is 1. The topological polar surface area (TPSA) is 20.3 Å². The number of nitrogens with zero attached hydrogens (tertiary/aromatic N) is 1. The molecule has 1 aromatic rings. The average Bonchev–Trinajstić information content (AvgIpc) is 2.86. The molecule has 0 bridgehead atoms. The van der Waals surface area contributed by atoms with Crippen LogP contribution in [-0.2, 0) is 11.3 Å². The molecule has 2 fully saturated rings. The van der Waals surface area contributed by atoms with Crippen LogP contribution in [0.2, 0.25) is 0 Å². The zero-order valence-corrected chi connectivity index (χ0v) is 14.2. The maximum absolute atomic E-state index is 12.3. The van der Waals surface area contributed by atoms with Gasteiger partial charge < -0.3 is 0 Å². The third kappa shape index (κ3) is 3.34. The van der Waals surface area contributed by atoms with Crippen LogP contribution in [0.4, 0.5) is 0 Å². The molecule has 4 heteroatoms. The zero-order valence-electron chi connectivity index (χ0n) is 11.8. The quantitative estimate of drug-likeness (QED) is 0.787. The zero-order chi connectivity index (χ0) is 13.9. The van der Waals surface area contributed by atoms with Crippen molar-refractivity contribution in [3.63, 3.8) is 0 Å². The van der Waals surface area contributed by atoms with Crippen LogP contribution >= 0.6 is 27.3 Å². The number of hydrogen-bond donors (Lipinski definition) is 0. The van der Waals surface area contributed by atoms with Gasteiger partial charge in [0.2, 0.25) is 0 Å². The van der Waals surface area contributed by atoms with Crippen molar-refractivity contribution < 1.29 is 4.79 Å². The summed E-state index contributed by atoms with van der Waals surface area (Å²) in [5.74, 6) is 0.841. The van der Waals surface area contributed by atoms with E-state index in [-0.39, 0.29) is 0 Å². The fourth-order valence-electron chi connectivity index (χ4n) is 3.72. The highest BCUT2D eigenvalue weighted by molar-refractivity contribution is 9.11. The molecule has 0 aromatic carbocycles. The van der Waals surface area contributed by atoms with Crippen LogP contribution in [0.15, 0.2) is 15.9 Å². The molecule has 110 valence electrons. The fraction of sp³-hybridized carbons (Fsp3) is 0.688. The Labute approximate surface area is 133 Å². The standard InChI is InChI=1S/C16H22BrNOS/c17-16-9-8-12(20-16)11-18-10-4-3-6-14(18)13-5-1-2-7-15(13)19/h8-9,13-14H,1-7,10-11H2. The van der Waals surface area contributed by atoms with Gasteiger partial charge in [-0.15, -0.1) is 11.3 Å². The van der Waals surface area contributed by atoms with Crippen LogP contribution < -0.4 is 0 Å². The van der Waals surface area contributed by atoms with Gasteiger partial charge in [-0.1, -0.05) is 12.8 Å². The van der Waals surface area contributed by atoms with Crippen molar-refractivity contribution in [3.8, 4) is 0 Å². The molecule has 0 spiro atoms. The number of ketones is 1.